The molecule has 3 unspecified atom stereocenters. The Bertz CT molecular complexity index is 509. The highest BCUT2D eigenvalue weighted by molar-refractivity contribution is 5.15. The molecule has 1 aromatic carbocycles. The van der Waals surface area contributed by atoms with E-state index in [2.05, 4.69) is 54.0 Å². The zero-order valence-electron chi connectivity index (χ0n) is 15.3. The molecule has 2 N–H and O–H groups in total. The van der Waals surface area contributed by atoms with Crippen LogP contribution in [0.2, 0.25) is 0 Å². The number of nitrogens with zero attached hydrogens (tertiary/aromatic N) is 2. The Labute approximate surface area is 147 Å². The minimum atomic E-state index is 0.103. The summed E-state index contributed by atoms with van der Waals surface area (Å²) in [6.45, 7) is 10.3. The van der Waals surface area contributed by atoms with E-state index < -0.39 is 0 Å². The van der Waals surface area contributed by atoms with E-state index in [-0.39, 0.29) is 5.54 Å². The third-order valence-electron chi connectivity index (χ3n) is 5.81. The standard InChI is InChI=1S/C20H33N3O/c1-3-19-14-24-17(2)12-23(19)20(15-21)10-7-11-22(16-20)13-18-8-5-4-6-9-18/h4-6,8-9,17,19H,3,7,10-16,21H2,1-2H3. The maximum absolute atomic E-state index is 6.38. The van der Waals surface area contributed by atoms with E-state index in [1.54, 1.807) is 0 Å². The molecule has 0 aromatic heterocycles. The van der Waals surface area contributed by atoms with Crippen LogP contribution in [0.15, 0.2) is 30.3 Å². The first-order valence-electron chi connectivity index (χ1n) is 9.51. The molecule has 1 aromatic rings. The Balaban J connectivity index is 1.75. The lowest BCUT2D eigenvalue weighted by atomic mass is 9.84. The van der Waals surface area contributed by atoms with Crippen LogP contribution in [0.3, 0.4) is 0 Å². The van der Waals surface area contributed by atoms with Crippen molar-refractivity contribution in [2.45, 2.75) is 57.3 Å². The Kier molecular flexibility index (Phi) is 5.93. The first kappa shape index (κ1) is 17.9. The second kappa shape index (κ2) is 7.96. The van der Waals surface area contributed by atoms with Crippen molar-refractivity contribution in [3.8, 4) is 0 Å². The fourth-order valence-corrected chi connectivity index (χ4v) is 4.46. The van der Waals surface area contributed by atoms with Gasteiger partial charge < -0.3 is 10.5 Å². The van der Waals surface area contributed by atoms with E-state index in [0.29, 0.717) is 12.1 Å². The van der Waals surface area contributed by atoms with Crippen molar-refractivity contribution in [2.75, 3.05) is 32.8 Å². The monoisotopic (exact) mass is 331 g/mol. The highest BCUT2D eigenvalue weighted by Gasteiger charge is 2.44. The van der Waals surface area contributed by atoms with Crippen molar-refractivity contribution >= 4 is 0 Å². The Morgan fingerprint density at radius 3 is 2.79 bits per heavy atom. The number of benzene rings is 1. The Hall–Kier alpha value is -0.940. The quantitative estimate of drug-likeness (QED) is 0.900. The van der Waals surface area contributed by atoms with Crippen LogP contribution >= 0.6 is 0 Å². The molecule has 2 heterocycles. The van der Waals surface area contributed by atoms with Gasteiger partial charge >= 0.3 is 0 Å². The molecule has 0 saturated carbocycles. The maximum atomic E-state index is 6.38. The molecule has 2 aliphatic rings. The molecule has 0 amide bonds. The number of hydrogen-bond donors (Lipinski definition) is 1. The maximum Gasteiger partial charge on any atom is 0.0675 e. The lowest BCUT2D eigenvalue weighted by Gasteiger charge is -2.54. The van der Waals surface area contributed by atoms with Crippen molar-refractivity contribution < 1.29 is 4.74 Å². The van der Waals surface area contributed by atoms with Crippen molar-refractivity contribution in [1.82, 2.24) is 9.80 Å². The molecular formula is C20H33N3O. The molecule has 0 bridgehead atoms. The van der Waals surface area contributed by atoms with Gasteiger partial charge in [0.15, 0.2) is 0 Å². The summed E-state index contributed by atoms with van der Waals surface area (Å²) in [5, 5.41) is 0. The molecule has 3 atom stereocenters. The van der Waals surface area contributed by atoms with Crippen molar-refractivity contribution in [3.05, 3.63) is 35.9 Å². The van der Waals surface area contributed by atoms with Crippen LogP contribution in [0.4, 0.5) is 0 Å². The molecule has 3 rings (SSSR count). The van der Waals surface area contributed by atoms with Gasteiger partial charge in [0.25, 0.3) is 0 Å². The summed E-state index contributed by atoms with van der Waals surface area (Å²) < 4.78 is 5.92. The summed E-state index contributed by atoms with van der Waals surface area (Å²) in [6.07, 6.45) is 3.87. The lowest BCUT2D eigenvalue weighted by molar-refractivity contribution is -0.115. The van der Waals surface area contributed by atoms with E-state index in [4.69, 9.17) is 10.5 Å². The molecule has 0 radical (unpaired) electrons. The average molecular weight is 332 g/mol. The van der Waals surface area contributed by atoms with Crippen molar-refractivity contribution in [2.24, 2.45) is 5.73 Å². The van der Waals surface area contributed by atoms with Gasteiger partial charge in [-0.2, -0.15) is 0 Å². The zero-order valence-corrected chi connectivity index (χ0v) is 15.3. The van der Waals surface area contributed by atoms with Gasteiger partial charge in [0, 0.05) is 37.8 Å². The van der Waals surface area contributed by atoms with Gasteiger partial charge in [-0.25, -0.2) is 0 Å². The van der Waals surface area contributed by atoms with Gasteiger partial charge in [0.1, 0.15) is 0 Å². The number of nitrogens with two attached hydrogens (primary N) is 1. The predicted molar refractivity (Wildman–Crippen MR) is 98.9 cm³/mol. The summed E-state index contributed by atoms with van der Waals surface area (Å²) in [5.41, 5.74) is 7.88. The first-order chi connectivity index (χ1) is 11.7. The Morgan fingerprint density at radius 2 is 2.08 bits per heavy atom. The van der Waals surface area contributed by atoms with E-state index in [1.165, 1.54) is 24.9 Å². The molecule has 2 fully saturated rings. The third kappa shape index (κ3) is 3.83. The molecule has 4 nitrogen and oxygen atoms in total. The average Bonchev–Trinajstić information content (AvgIpc) is 2.62. The fourth-order valence-electron chi connectivity index (χ4n) is 4.46. The predicted octanol–water partition coefficient (Wildman–Crippen LogP) is 2.48. The van der Waals surface area contributed by atoms with Crippen LogP contribution in [0.5, 0.6) is 0 Å². The first-order valence-corrected chi connectivity index (χ1v) is 9.51. The van der Waals surface area contributed by atoms with E-state index in [9.17, 15) is 0 Å². The van der Waals surface area contributed by atoms with Crippen molar-refractivity contribution in [1.29, 1.82) is 0 Å². The highest BCUT2D eigenvalue weighted by Crippen LogP contribution is 2.32. The summed E-state index contributed by atoms with van der Waals surface area (Å²) in [7, 11) is 0. The van der Waals surface area contributed by atoms with Gasteiger partial charge in [-0.3, -0.25) is 9.80 Å². The molecule has 0 aliphatic carbocycles. The summed E-state index contributed by atoms with van der Waals surface area (Å²) in [4.78, 5) is 5.29. The van der Waals surface area contributed by atoms with Crippen LogP contribution in [0.25, 0.3) is 0 Å². The van der Waals surface area contributed by atoms with Crippen molar-refractivity contribution in [3.63, 3.8) is 0 Å². The SMILES string of the molecule is CCC1COC(C)CN1C1(CN)CCCN(Cc2ccccc2)C1. The van der Waals surface area contributed by atoms with Gasteiger partial charge in [0.05, 0.1) is 12.7 Å². The van der Waals surface area contributed by atoms with Gasteiger partial charge in [-0.1, -0.05) is 37.3 Å². The lowest BCUT2D eigenvalue weighted by Crippen LogP contribution is -2.68. The van der Waals surface area contributed by atoms with Gasteiger partial charge in [0.2, 0.25) is 0 Å². The third-order valence-corrected chi connectivity index (χ3v) is 5.81. The second-order valence-electron chi connectivity index (χ2n) is 7.59. The van der Waals surface area contributed by atoms with E-state index in [0.717, 1.165) is 39.2 Å². The number of piperidine rings is 1. The van der Waals surface area contributed by atoms with Crippen LogP contribution in [-0.2, 0) is 11.3 Å². The van der Waals surface area contributed by atoms with Crippen LogP contribution in [0, 0.1) is 0 Å². The molecule has 134 valence electrons. The number of ether oxygens (including phenoxy) is 1. The Morgan fingerprint density at radius 1 is 1.29 bits per heavy atom. The van der Waals surface area contributed by atoms with Gasteiger partial charge in [-0.15, -0.1) is 0 Å². The number of likely N-dealkylation sites (tertiary alicyclic amines) is 1. The van der Waals surface area contributed by atoms with Crippen LogP contribution in [-0.4, -0.2) is 60.3 Å². The van der Waals surface area contributed by atoms with E-state index >= 15 is 0 Å². The molecule has 2 aliphatic heterocycles. The highest BCUT2D eigenvalue weighted by atomic mass is 16.5. The normalized spacial score (nSPS) is 32.8. The van der Waals surface area contributed by atoms with Crippen LogP contribution in [0.1, 0.15) is 38.7 Å². The second-order valence-corrected chi connectivity index (χ2v) is 7.59. The zero-order chi connectivity index (χ0) is 17.0. The number of hydrogen-bond acceptors (Lipinski definition) is 4. The minimum absolute atomic E-state index is 0.103. The topological polar surface area (TPSA) is 41.7 Å². The summed E-state index contributed by atoms with van der Waals surface area (Å²) in [6, 6.07) is 11.3. The molecule has 4 heteroatoms. The van der Waals surface area contributed by atoms with Crippen LogP contribution < -0.4 is 5.73 Å². The van der Waals surface area contributed by atoms with E-state index in [1.807, 2.05) is 0 Å². The number of morpholine rings is 1. The smallest absolute Gasteiger partial charge is 0.0675 e. The minimum Gasteiger partial charge on any atom is -0.376 e. The summed E-state index contributed by atoms with van der Waals surface area (Å²) >= 11 is 0. The van der Waals surface area contributed by atoms with Gasteiger partial charge in [-0.05, 0) is 38.3 Å². The molecule has 2 saturated heterocycles. The molecule has 0 spiro atoms. The summed E-state index contributed by atoms with van der Waals surface area (Å²) in [5.74, 6) is 0. The molecular weight excluding hydrogens is 298 g/mol. The number of rotatable bonds is 5. The fraction of sp³-hybridized carbons (Fsp3) is 0.700. The largest absolute Gasteiger partial charge is 0.376 e. The molecule has 24 heavy (non-hydrogen) atoms.